The molecule has 1 atom stereocenters. The third-order valence-corrected chi connectivity index (χ3v) is 4.62. The second-order valence-corrected chi connectivity index (χ2v) is 7.72. The van der Waals surface area contributed by atoms with Crippen LogP contribution in [0.15, 0.2) is 66.9 Å². The van der Waals surface area contributed by atoms with Crippen LogP contribution in [0.3, 0.4) is 0 Å². The molecule has 2 rings (SSSR count). The lowest BCUT2D eigenvalue weighted by atomic mass is 10.0. The second kappa shape index (κ2) is 8.42. The van der Waals surface area contributed by atoms with Gasteiger partial charge in [0.05, 0.1) is 11.6 Å². The van der Waals surface area contributed by atoms with E-state index in [1.54, 1.807) is 18.3 Å². The van der Waals surface area contributed by atoms with E-state index < -0.39 is 5.60 Å². The first-order valence-electron chi connectivity index (χ1n) is 9.46. The molecule has 0 aromatic carbocycles. The fourth-order valence-electron chi connectivity index (χ4n) is 3.31. The van der Waals surface area contributed by atoms with Gasteiger partial charge in [0.2, 0.25) is 0 Å². The largest absolute Gasteiger partial charge is 0.456 e. The van der Waals surface area contributed by atoms with Crippen molar-refractivity contribution in [2.45, 2.75) is 53.2 Å². The topological polar surface area (TPSA) is 44.1 Å². The van der Waals surface area contributed by atoms with Crippen molar-refractivity contribution in [3.8, 4) is 0 Å². The van der Waals surface area contributed by atoms with E-state index >= 15 is 0 Å². The highest BCUT2D eigenvalue weighted by molar-refractivity contribution is 6.05. The van der Waals surface area contributed by atoms with Crippen molar-refractivity contribution in [3.05, 3.63) is 78.2 Å². The summed E-state index contributed by atoms with van der Waals surface area (Å²) in [5, 5.41) is 0.799. The van der Waals surface area contributed by atoms with E-state index in [1.807, 2.05) is 52.8 Å². The van der Waals surface area contributed by atoms with Crippen LogP contribution in [0, 0.1) is 6.92 Å². The van der Waals surface area contributed by atoms with E-state index in [0.717, 1.165) is 27.9 Å². The summed E-state index contributed by atoms with van der Waals surface area (Å²) in [7, 11) is 0. The van der Waals surface area contributed by atoms with Gasteiger partial charge in [0.1, 0.15) is 11.2 Å². The number of hydrogen-bond donors (Lipinski definition) is 0. The Bertz CT molecular complexity index is 958. The van der Waals surface area contributed by atoms with Gasteiger partial charge in [0.25, 0.3) is 0 Å². The Morgan fingerprint density at radius 1 is 1.29 bits per heavy atom. The molecule has 1 unspecified atom stereocenters. The number of pyridine rings is 1. The number of fused-ring (bicyclic) bond motifs is 1. The number of aromatic nitrogens is 2. The molecule has 2 heterocycles. The Labute approximate surface area is 167 Å². The van der Waals surface area contributed by atoms with Gasteiger partial charge in [0.15, 0.2) is 0 Å². The number of hydrogen-bond acceptors (Lipinski definition) is 3. The van der Waals surface area contributed by atoms with Gasteiger partial charge >= 0.3 is 5.97 Å². The van der Waals surface area contributed by atoms with Gasteiger partial charge in [-0.05, 0) is 64.8 Å². The van der Waals surface area contributed by atoms with Crippen LogP contribution >= 0.6 is 0 Å². The number of ether oxygens (including phenoxy) is 1. The minimum Gasteiger partial charge on any atom is -0.456 e. The molecular formula is C24H30N2O2. The number of rotatable bonds is 6. The first-order valence-corrected chi connectivity index (χ1v) is 9.46. The van der Waals surface area contributed by atoms with Crippen molar-refractivity contribution in [2.24, 2.45) is 0 Å². The molecule has 0 fully saturated rings. The van der Waals surface area contributed by atoms with E-state index in [2.05, 4.69) is 35.7 Å². The molecule has 0 aliphatic carbocycles. The summed E-state index contributed by atoms with van der Waals surface area (Å²) >= 11 is 0. The third kappa shape index (κ3) is 4.33. The van der Waals surface area contributed by atoms with E-state index in [0.29, 0.717) is 5.56 Å². The Morgan fingerprint density at radius 2 is 1.93 bits per heavy atom. The van der Waals surface area contributed by atoms with Crippen LogP contribution in [0.4, 0.5) is 0 Å². The maximum atomic E-state index is 12.9. The van der Waals surface area contributed by atoms with Crippen molar-refractivity contribution in [1.29, 1.82) is 0 Å². The Hall–Kier alpha value is -2.88. The van der Waals surface area contributed by atoms with Gasteiger partial charge in [0, 0.05) is 17.3 Å². The van der Waals surface area contributed by atoms with E-state index in [4.69, 9.17) is 4.74 Å². The summed E-state index contributed by atoms with van der Waals surface area (Å²) in [6, 6.07) is 3.73. The van der Waals surface area contributed by atoms with Gasteiger partial charge in [-0.25, -0.2) is 9.78 Å². The quantitative estimate of drug-likeness (QED) is 0.450. The van der Waals surface area contributed by atoms with Crippen LogP contribution in [-0.4, -0.2) is 21.1 Å². The fraction of sp³-hybridized carbons (Fsp3) is 0.333. The van der Waals surface area contributed by atoms with Gasteiger partial charge in [-0.15, -0.1) is 0 Å². The maximum Gasteiger partial charge on any atom is 0.341 e. The lowest BCUT2D eigenvalue weighted by Gasteiger charge is -2.21. The van der Waals surface area contributed by atoms with Crippen molar-refractivity contribution in [1.82, 2.24) is 9.55 Å². The van der Waals surface area contributed by atoms with Crippen molar-refractivity contribution in [2.75, 3.05) is 0 Å². The average molecular weight is 379 g/mol. The van der Waals surface area contributed by atoms with E-state index in [9.17, 15) is 4.79 Å². The standard InChI is InChI=1S/C24H30N2O2/c1-9-18(10-2)15-19(11-3)16(4)26-17(5)21(23(27)28-24(6,7)8)20-13-12-14-25-22(20)26/h9-16H,1-2H2,3-8H3/b19-11+. The zero-order valence-corrected chi connectivity index (χ0v) is 17.7. The Kier molecular flexibility index (Phi) is 6.45. The van der Waals surface area contributed by atoms with Crippen LogP contribution in [0.1, 0.15) is 56.7 Å². The van der Waals surface area contributed by atoms with Crippen LogP contribution in [0.2, 0.25) is 0 Å². The van der Waals surface area contributed by atoms with Crippen LogP contribution in [0.5, 0.6) is 0 Å². The minimum atomic E-state index is -0.564. The molecule has 0 spiro atoms. The molecular weight excluding hydrogens is 348 g/mol. The summed E-state index contributed by atoms with van der Waals surface area (Å²) in [6.45, 7) is 19.3. The molecule has 28 heavy (non-hydrogen) atoms. The van der Waals surface area contributed by atoms with Crippen LogP contribution < -0.4 is 0 Å². The van der Waals surface area contributed by atoms with Gasteiger partial charge in [-0.1, -0.05) is 37.5 Å². The molecule has 4 nitrogen and oxygen atoms in total. The number of carbonyl (C=O) groups excluding carboxylic acids is 1. The molecule has 2 aromatic rings. The van der Waals surface area contributed by atoms with E-state index in [1.165, 1.54) is 0 Å². The SMILES string of the molecule is C=CC(C=C)=C/C(=C\C)C(C)n1c(C)c(C(=O)OC(C)(C)C)c2cccnc21. The zero-order valence-electron chi connectivity index (χ0n) is 17.7. The van der Waals surface area contributed by atoms with Gasteiger partial charge in [-0.2, -0.15) is 0 Å². The normalized spacial score (nSPS) is 13.1. The first-order chi connectivity index (χ1) is 13.1. The third-order valence-electron chi connectivity index (χ3n) is 4.62. The number of esters is 1. The summed E-state index contributed by atoms with van der Waals surface area (Å²) < 4.78 is 7.75. The molecule has 0 radical (unpaired) electrons. The monoisotopic (exact) mass is 378 g/mol. The molecule has 0 saturated carbocycles. The van der Waals surface area contributed by atoms with Crippen molar-refractivity contribution >= 4 is 17.0 Å². The van der Waals surface area contributed by atoms with Gasteiger partial charge < -0.3 is 9.30 Å². The summed E-state index contributed by atoms with van der Waals surface area (Å²) in [6.07, 6.45) is 9.39. The first kappa shape index (κ1) is 21.4. The molecule has 0 aliphatic rings. The van der Waals surface area contributed by atoms with Crippen molar-refractivity contribution < 1.29 is 9.53 Å². The molecule has 0 amide bonds. The second-order valence-electron chi connectivity index (χ2n) is 7.72. The summed E-state index contributed by atoms with van der Waals surface area (Å²) in [5.74, 6) is -0.329. The number of nitrogens with zero attached hydrogens (tertiary/aromatic N) is 2. The molecule has 0 bridgehead atoms. The molecule has 4 heteroatoms. The molecule has 2 aromatic heterocycles. The van der Waals surface area contributed by atoms with E-state index in [-0.39, 0.29) is 12.0 Å². The molecule has 0 aliphatic heterocycles. The summed E-state index contributed by atoms with van der Waals surface area (Å²) in [4.78, 5) is 17.5. The Morgan fingerprint density at radius 3 is 2.46 bits per heavy atom. The van der Waals surface area contributed by atoms with Crippen LogP contribution in [0.25, 0.3) is 11.0 Å². The zero-order chi connectivity index (χ0) is 21.1. The molecule has 0 saturated heterocycles. The fourth-order valence-corrected chi connectivity index (χ4v) is 3.31. The van der Waals surface area contributed by atoms with Crippen molar-refractivity contribution in [3.63, 3.8) is 0 Å². The molecule has 0 N–H and O–H groups in total. The Balaban J connectivity index is 2.67. The maximum absolute atomic E-state index is 12.9. The number of carbonyl (C=O) groups is 1. The van der Waals surface area contributed by atoms with Gasteiger partial charge in [-0.3, -0.25) is 0 Å². The number of allylic oxidation sites excluding steroid dienone is 6. The highest BCUT2D eigenvalue weighted by Crippen LogP contribution is 2.32. The lowest BCUT2D eigenvalue weighted by molar-refractivity contribution is 0.00707. The minimum absolute atomic E-state index is 0.0338. The molecule has 148 valence electrons. The smallest absolute Gasteiger partial charge is 0.341 e. The lowest BCUT2D eigenvalue weighted by Crippen LogP contribution is -2.24. The summed E-state index contributed by atoms with van der Waals surface area (Å²) in [5.41, 5.74) is 3.62. The van der Waals surface area contributed by atoms with Crippen LogP contribution in [-0.2, 0) is 4.74 Å². The highest BCUT2D eigenvalue weighted by Gasteiger charge is 2.27. The average Bonchev–Trinajstić information content (AvgIpc) is 2.92. The highest BCUT2D eigenvalue weighted by atomic mass is 16.6. The predicted molar refractivity (Wildman–Crippen MR) is 117 cm³/mol. The predicted octanol–water partition coefficient (Wildman–Crippen LogP) is 6.11.